The lowest BCUT2D eigenvalue weighted by Crippen LogP contribution is -2.19. The van der Waals surface area contributed by atoms with Crippen molar-refractivity contribution in [1.29, 1.82) is 0 Å². The summed E-state index contributed by atoms with van der Waals surface area (Å²) < 4.78 is 0. The van der Waals surface area contributed by atoms with E-state index in [0.717, 1.165) is 28.7 Å². The third-order valence-corrected chi connectivity index (χ3v) is 4.99. The standard InChI is InChI=1S/C8H8.C7H10.C6H8.C5H6.C4H6/c1-7-5-3-4-6-8(7)2;1-2-7-4-3-6(1)5-7;1-2-4-6-5-3-1;1-2-4-5-3-1;1-3-4-2/h3-6H,1-2H2;1-2,6-7H,3-5H2;1-4H,5-6H2;1-4H,5H2;3-4H,1-2H2. The van der Waals surface area contributed by atoms with E-state index in [1.807, 2.05) is 24.3 Å². The van der Waals surface area contributed by atoms with Crippen LogP contribution in [0.15, 0.2) is 110 Å². The molecule has 2 bridgehead atoms. The molecule has 158 valence electrons. The van der Waals surface area contributed by atoms with Crippen molar-refractivity contribution in [2.75, 3.05) is 0 Å². The lowest BCUT2D eigenvalue weighted by atomic mass is 10.1. The Hall–Kier alpha value is -2.86. The molecule has 0 N–H and O–H groups in total. The highest BCUT2D eigenvalue weighted by Gasteiger charge is 2.25. The summed E-state index contributed by atoms with van der Waals surface area (Å²) in [7, 11) is 0. The van der Waals surface area contributed by atoms with Crippen LogP contribution in [0.3, 0.4) is 0 Å². The minimum atomic E-state index is 0.991. The van der Waals surface area contributed by atoms with Gasteiger partial charge in [0, 0.05) is 0 Å². The van der Waals surface area contributed by atoms with E-state index in [-0.39, 0.29) is 0 Å². The van der Waals surface area contributed by atoms with Gasteiger partial charge >= 0.3 is 0 Å². The van der Waals surface area contributed by atoms with E-state index in [1.165, 1.54) is 32.1 Å². The van der Waals surface area contributed by atoms with Gasteiger partial charge in [0.05, 0.1) is 0 Å². The fourth-order valence-electron chi connectivity index (χ4n) is 3.21. The molecular weight excluding hydrogens is 360 g/mol. The summed E-state index contributed by atoms with van der Waals surface area (Å²) in [5.41, 5.74) is 0. The molecule has 0 nitrogen and oxygen atoms in total. The van der Waals surface area contributed by atoms with Gasteiger partial charge in [0.25, 0.3) is 0 Å². The summed E-state index contributed by atoms with van der Waals surface area (Å²) >= 11 is 0. The van der Waals surface area contributed by atoms with Gasteiger partial charge < -0.3 is 0 Å². The fraction of sp³-hybridized carbons (Fsp3) is 0.267. The molecule has 30 heavy (non-hydrogen) atoms. The van der Waals surface area contributed by atoms with Gasteiger partial charge in [-0.3, -0.25) is 0 Å². The van der Waals surface area contributed by atoms with Crippen LogP contribution in [0.1, 0.15) is 38.5 Å². The molecule has 2 atom stereocenters. The SMILES string of the molecule is C1=CC2CCC1C2.C1=CCC=C1.C1=CCCC=C1.C=CC=C.C=c1ccccc1=C. The van der Waals surface area contributed by atoms with Gasteiger partial charge in [-0.15, -0.1) is 0 Å². The van der Waals surface area contributed by atoms with E-state index < -0.39 is 0 Å². The predicted octanol–water partition coefficient (Wildman–Crippen LogP) is 7.23. The first-order valence-corrected chi connectivity index (χ1v) is 11.0. The number of fused-ring (bicyclic) bond motifs is 2. The summed E-state index contributed by atoms with van der Waals surface area (Å²) in [6, 6.07) is 7.80. The topological polar surface area (TPSA) is 0 Å². The van der Waals surface area contributed by atoms with Crippen molar-refractivity contribution in [2.45, 2.75) is 38.5 Å². The molecule has 1 saturated carbocycles. The third kappa shape index (κ3) is 12.6. The number of hydrogen-bond donors (Lipinski definition) is 0. The molecule has 0 aliphatic heterocycles. The lowest BCUT2D eigenvalue weighted by molar-refractivity contribution is 0.691. The second-order valence-electron chi connectivity index (χ2n) is 7.48. The maximum Gasteiger partial charge on any atom is -0.0163 e. The van der Waals surface area contributed by atoms with E-state index in [0.29, 0.717) is 0 Å². The van der Waals surface area contributed by atoms with E-state index >= 15 is 0 Å². The minimum Gasteiger partial charge on any atom is -0.0991 e. The molecule has 2 unspecified atom stereocenters. The molecule has 1 aromatic carbocycles. The van der Waals surface area contributed by atoms with Crippen LogP contribution in [0, 0.1) is 11.8 Å². The van der Waals surface area contributed by atoms with Crippen molar-refractivity contribution in [3.05, 3.63) is 121 Å². The molecular formula is C30H38. The summed E-state index contributed by atoms with van der Waals surface area (Å²) in [5, 5.41) is 2.01. The highest BCUT2D eigenvalue weighted by molar-refractivity contribution is 5.15. The Labute approximate surface area is 184 Å². The highest BCUT2D eigenvalue weighted by Crippen LogP contribution is 2.38. The first-order valence-electron chi connectivity index (χ1n) is 11.0. The van der Waals surface area contributed by atoms with Crippen LogP contribution < -0.4 is 10.4 Å². The van der Waals surface area contributed by atoms with Gasteiger partial charge in [0.2, 0.25) is 0 Å². The Morgan fingerprint density at radius 2 is 1.10 bits per heavy atom. The van der Waals surface area contributed by atoms with Crippen molar-refractivity contribution in [3.63, 3.8) is 0 Å². The molecule has 1 fully saturated rings. The zero-order chi connectivity index (χ0) is 21.9. The molecule has 0 amide bonds. The monoisotopic (exact) mass is 398 g/mol. The Morgan fingerprint density at radius 3 is 1.27 bits per heavy atom. The first-order chi connectivity index (χ1) is 14.7. The Morgan fingerprint density at radius 1 is 0.667 bits per heavy atom. The van der Waals surface area contributed by atoms with Crippen LogP contribution in [0.4, 0.5) is 0 Å². The van der Waals surface area contributed by atoms with E-state index in [4.69, 9.17) is 0 Å². The number of rotatable bonds is 1. The van der Waals surface area contributed by atoms with Crippen LogP contribution in [0.25, 0.3) is 13.2 Å². The Bertz CT molecular complexity index is 775. The quantitative estimate of drug-likeness (QED) is 0.346. The van der Waals surface area contributed by atoms with E-state index in [1.54, 1.807) is 12.2 Å². The van der Waals surface area contributed by atoms with Crippen LogP contribution in [-0.4, -0.2) is 0 Å². The summed E-state index contributed by atoms with van der Waals surface area (Å²) in [6.07, 6.45) is 33.0. The van der Waals surface area contributed by atoms with Crippen LogP contribution in [0.5, 0.6) is 0 Å². The van der Waals surface area contributed by atoms with Gasteiger partial charge in [0.1, 0.15) is 0 Å². The van der Waals surface area contributed by atoms with Gasteiger partial charge in [-0.25, -0.2) is 0 Å². The van der Waals surface area contributed by atoms with Crippen molar-refractivity contribution < 1.29 is 0 Å². The molecule has 0 heteroatoms. The van der Waals surface area contributed by atoms with E-state index in [2.05, 4.69) is 87.1 Å². The largest absolute Gasteiger partial charge is 0.0991 e. The summed E-state index contributed by atoms with van der Waals surface area (Å²) in [4.78, 5) is 0. The van der Waals surface area contributed by atoms with Crippen molar-refractivity contribution in [3.8, 4) is 0 Å². The van der Waals surface area contributed by atoms with Crippen molar-refractivity contribution in [1.82, 2.24) is 0 Å². The summed E-state index contributed by atoms with van der Waals surface area (Å²) in [5.74, 6) is 1.98. The molecule has 5 rings (SSSR count). The molecule has 0 saturated heterocycles. The zero-order valence-electron chi connectivity index (χ0n) is 18.5. The second kappa shape index (κ2) is 17.0. The molecule has 0 heterocycles. The van der Waals surface area contributed by atoms with Gasteiger partial charge in [-0.05, 0) is 60.8 Å². The van der Waals surface area contributed by atoms with Gasteiger partial charge in [-0.2, -0.15) is 0 Å². The number of benzene rings is 1. The molecule has 0 radical (unpaired) electrons. The maximum absolute atomic E-state index is 3.76. The fourth-order valence-corrected chi connectivity index (χ4v) is 3.21. The minimum absolute atomic E-state index is 0.991. The smallest absolute Gasteiger partial charge is 0.0163 e. The molecule has 4 aliphatic rings. The van der Waals surface area contributed by atoms with Crippen LogP contribution in [-0.2, 0) is 0 Å². The highest BCUT2D eigenvalue weighted by atomic mass is 14.3. The first kappa shape index (κ1) is 25.2. The van der Waals surface area contributed by atoms with Gasteiger partial charge in [0.15, 0.2) is 0 Å². The predicted molar refractivity (Wildman–Crippen MR) is 138 cm³/mol. The Kier molecular flexibility index (Phi) is 14.3. The number of hydrogen-bond acceptors (Lipinski definition) is 0. The van der Waals surface area contributed by atoms with E-state index in [9.17, 15) is 0 Å². The van der Waals surface area contributed by atoms with Gasteiger partial charge in [-0.1, -0.05) is 123 Å². The second-order valence-corrected chi connectivity index (χ2v) is 7.48. The van der Waals surface area contributed by atoms with Crippen LogP contribution >= 0.6 is 0 Å². The third-order valence-electron chi connectivity index (χ3n) is 4.99. The average molecular weight is 399 g/mol. The molecule has 0 aromatic heterocycles. The zero-order valence-corrected chi connectivity index (χ0v) is 18.5. The van der Waals surface area contributed by atoms with Crippen molar-refractivity contribution in [2.24, 2.45) is 11.8 Å². The van der Waals surface area contributed by atoms with Crippen LogP contribution in [0.2, 0.25) is 0 Å². The van der Waals surface area contributed by atoms with Crippen molar-refractivity contribution >= 4 is 13.2 Å². The Balaban J connectivity index is 0.000000192. The lowest BCUT2D eigenvalue weighted by Gasteiger charge is -1.96. The summed E-state index contributed by atoms with van der Waals surface area (Å²) in [6.45, 7) is 14.2. The molecule has 4 aliphatic carbocycles. The maximum atomic E-state index is 3.76. The number of allylic oxidation sites excluding steroid dienone is 12. The molecule has 1 aromatic rings. The normalized spacial score (nSPS) is 20.4. The average Bonchev–Trinajstić information content (AvgIpc) is 3.60. The molecule has 0 spiro atoms.